The summed E-state index contributed by atoms with van der Waals surface area (Å²) in [6, 6.07) is 4.27. The molecule has 0 aliphatic heterocycles. The molecular formula is C9H9BrClF2N. The lowest BCUT2D eigenvalue weighted by Gasteiger charge is -2.13. The summed E-state index contributed by atoms with van der Waals surface area (Å²) in [5.41, 5.74) is 6.21. The van der Waals surface area contributed by atoms with Gasteiger partial charge in [0.25, 0.3) is 0 Å². The van der Waals surface area contributed by atoms with E-state index in [0.29, 0.717) is 15.1 Å². The Morgan fingerprint density at radius 3 is 2.64 bits per heavy atom. The van der Waals surface area contributed by atoms with Gasteiger partial charge >= 0.3 is 0 Å². The number of hydrogen-bond acceptors (Lipinski definition) is 1. The van der Waals surface area contributed by atoms with Gasteiger partial charge in [-0.3, -0.25) is 0 Å². The first-order chi connectivity index (χ1) is 6.50. The highest BCUT2D eigenvalue weighted by Gasteiger charge is 2.15. The fourth-order valence-electron chi connectivity index (χ4n) is 1.12. The summed E-state index contributed by atoms with van der Waals surface area (Å²) in [7, 11) is 0. The fraction of sp³-hybridized carbons (Fsp3) is 0.333. The molecule has 1 rings (SSSR count). The van der Waals surface area contributed by atoms with Crippen molar-refractivity contribution in [2.24, 2.45) is 5.73 Å². The van der Waals surface area contributed by atoms with Gasteiger partial charge < -0.3 is 5.73 Å². The lowest BCUT2D eigenvalue weighted by molar-refractivity contribution is 0.128. The van der Waals surface area contributed by atoms with E-state index in [1.807, 2.05) is 0 Å². The molecule has 0 saturated heterocycles. The summed E-state index contributed by atoms with van der Waals surface area (Å²) in [4.78, 5) is 0. The second kappa shape index (κ2) is 5.05. The molecule has 0 aliphatic rings. The third kappa shape index (κ3) is 3.19. The molecule has 0 aliphatic carbocycles. The van der Waals surface area contributed by atoms with Gasteiger partial charge in [-0.15, -0.1) is 0 Å². The molecule has 0 unspecified atom stereocenters. The van der Waals surface area contributed by atoms with Crippen molar-refractivity contribution in [3.8, 4) is 0 Å². The minimum atomic E-state index is -2.41. The second-order valence-electron chi connectivity index (χ2n) is 2.90. The Labute approximate surface area is 94.4 Å². The SMILES string of the molecule is N[C@@H](CC(F)F)c1cc(Cl)ccc1Br. The molecule has 5 heteroatoms. The Morgan fingerprint density at radius 2 is 2.07 bits per heavy atom. The maximum Gasteiger partial charge on any atom is 0.240 e. The highest BCUT2D eigenvalue weighted by Crippen LogP contribution is 2.28. The summed E-state index contributed by atoms with van der Waals surface area (Å²) >= 11 is 8.97. The van der Waals surface area contributed by atoms with E-state index >= 15 is 0 Å². The molecule has 0 fully saturated rings. The van der Waals surface area contributed by atoms with Crippen molar-refractivity contribution >= 4 is 27.5 Å². The van der Waals surface area contributed by atoms with Crippen LogP contribution in [-0.2, 0) is 0 Å². The molecule has 1 aromatic carbocycles. The Bertz CT molecular complexity index is 320. The van der Waals surface area contributed by atoms with Crippen LogP contribution < -0.4 is 5.73 Å². The average molecular weight is 285 g/mol. The van der Waals surface area contributed by atoms with E-state index < -0.39 is 12.5 Å². The first-order valence-corrected chi connectivity index (χ1v) is 5.16. The van der Waals surface area contributed by atoms with Crippen molar-refractivity contribution in [2.45, 2.75) is 18.9 Å². The molecule has 0 bridgehead atoms. The van der Waals surface area contributed by atoms with Crippen molar-refractivity contribution in [1.29, 1.82) is 0 Å². The molecule has 1 atom stereocenters. The smallest absolute Gasteiger partial charge is 0.240 e. The topological polar surface area (TPSA) is 26.0 Å². The summed E-state index contributed by atoms with van der Waals surface area (Å²) in [5, 5.41) is 0.493. The summed E-state index contributed by atoms with van der Waals surface area (Å²) in [6.45, 7) is 0. The first kappa shape index (κ1) is 11.9. The standard InChI is InChI=1S/C9H9BrClF2N/c10-7-2-1-5(11)3-6(7)8(14)4-9(12)13/h1-3,8-9H,4,14H2/t8-/m0/s1. The lowest BCUT2D eigenvalue weighted by atomic mass is 10.1. The molecule has 0 aromatic heterocycles. The largest absolute Gasteiger partial charge is 0.324 e. The van der Waals surface area contributed by atoms with Crippen LogP contribution in [0.1, 0.15) is 18.0 Å². The zero-order valence-electron chi connectivity index (χ0n) is 7.18. The third-order valence-corrected chi connectivity index (χ3v) is 2.75. The van der Waals surface area contributed by atoms with Gasteiger partial charge in [0.15, 0.2) is 0 Å². The third-order valence-electron chi connectivity index (χ3n) is 1.79. The summed E-state index contributed by atoms with van der Waals surface area (Å²) in [5.74, 6) is 0. The van der Waals surface area contributed by atoms with Crippen molar-refractivity contribution in [1.82, 2.24) is 0 Å². The van der Waals surface area contributed by atoms with E-state index in [9.17, 15) is 8.78 Å². The zero-order chi connectivity index (χ0) is 10.7. The second-order valence-corrected chi connectivity index (χ2v) is 4.19. The molecule has 1 nitrogen and oxygen atoms in total. The highest BCUT2D eigenvalue weighted by atomic mass is 79.9. The van der Waals surface area contributed by atoms with Crippen molar-refractivity contribution in [2.75, 3.05) is 0 Å². The molecule has 2 N–H and O–H groups in total. The Morgan fingerprint density at radius 1 is 1.43 bits per heavy atom. The number of alkyl halides is 2. The molecule has 14 heavy (non-hydrogen) atoms. The van der Waals surface area contributed by atoms with Gasteiger partial charge in [0.2, 0.25) is 6.43 Å². The normalized spacial score (nSPS) is 13.3. The van der Waals surface area contributed by atoms with Crippen molar-refractivity contribution in [3.05, 3.63) is 33.3 Å². The average Bonchev–Trinajstić information content (AvgIpc) is 2.08. The molecule has 0 saturated carbocycles. The highest BCUT2D eigenvalue weighted by molar-refractivity contribution is 9.10. The molecule has 0 amide bonds. The minimum absolute atomic E-state index is 0.362. The van der Waals surface area contributed by atoms with E-state index in [1.54, 1.807) is 18.2 Å². The Balaban J connectivity index is 2.88. The number of halogens is 4. The maximum atomic E-state index is 12.1. The Hall–Kier alpha value is -0.190. The van der Waals surface area contributed by atoms with Crippen LogP contribution in [0.4, 0.5) is 8.78 Å². The predicted molar refractivity (Wildman–Crippen MR) is 56.7 cm³/mol. The quantitative estimate of drug-likeness (QED) is 0.898. The van der Waals surface area contributed by atoms with Gasteiger partial charge in [-0.1, -0.05) is 27.5 Å². The number of nitrogens with two attached hydrogens (primary N) is 1. The molecule has 78 valence electrons. The van der Waals surface area contributed by atoms with Crippen molar-refractivity contribution < 1.29 is 8.78 Å². The van der Waals surface area contributed by atoms with Gasteiger partial charge in [-0.2, -0.15) is 0 Å². The molecule has 0 spiro atoms. The van der Waals surface area contributed by atoms with Crippen LogP contribution in [0.3, 0.4) is 0 Å². The Kier molecular flexibility index (Phi) is 4.29. The number of rotatable bonds is 3. The summed E-state index contributed by atoms with van der Waals surface area (Å²) in [6.07, 6.45) is -2.77. The van der Waals surface area contributed by atoms with E-state index in [0.717, 1.165) is 0 Å². The van der Waals surface area contributed by atoms with Gasteiger partial charge in [0.05, 0.1) is 0 Å². The zero-order valence-corrected chi connectivity index (χ0v) is 9.52. The van der Waals surface area contributed by atoms with Crippen LogP contribution in [0.15, 0.2) is 22.7 Å². The maximum absolute atomic E-state index is 12.1. The number of hydrogen-bond donors (Lipinski definition) is 1. The van der Waals surface area contributed by atoms with Crippen LogP contribution in [-0.4, -0.2) is 6.43 Å². The van der Waals surface area contributed by atoms with Crippen LogP contribution in [0.2, 0.25) is 5.02 Å². The molecule has 0 radical (unpaired) electrons. The van der Waals surface area contributed by atoms with Gasteiger partial charge in [-0.25, -0.2) is 8.78 Å². The lowest BCUT2D eigenvalue weighted by Crippen LogP contribution is -2.14. The summed E-state index contributed by atoms with van der Waals surface area (Å²) < 4.78 is 24.9. The molecule has 0 heterocycles. The minimum Gasteiger partial charge on any atom is -0.324 e. The number of benzene rings is 1. The molecule has 1 aromatic rings. The van der Waals surface area contributed by atoms with Crippen LogP contribution in [0.25, 0.3) is 0 Å². The van der Waals surface area contributed by atoms with Gasteiger partial charge in [0, 0.05) is 22.0 Å². The van der Waals surface area contributed by atoms with Crippen molar-refractivity contribution in [3.63, 3.8) is 0 Å². The van der Waals surface area contributed by atoms with E-state index in [-0.39, 0.29) is 6.42 Å². The van der Waals surface area contributed by atoms with E-state index in [2.05, 4.69) is 15.9 Å². The predicted octanol–water partition coefficient (Wildman–Crippen LogP) is 3.76. The molecular weight excluding hydrogens is 275 g/mol. The van der Waals surface area contributed by atoms with Crippen LogP contribution in [0.5, 0.6) is 0 Å². The van der Waals surface area contributed by atoms with E-state index in [4.69, 9.17) is 17.3 Å². The monoisotopic (exact) mass is 283 g/mol. The van der Waals surface area contributed by atoms with Gasteiger partial charge in [-0.05, 0) is 23.8 Å². The van der Waals surface area contributed by atoms with E-state index in [1.165, 1.54) is 0 Å². The van der Waals surface area contributed by atoms with Crippen LogP contribution >= 0.6 is 27.5 Å². The van der Waals surface area contributed by atoms with Gasteiger partial charge in [0.1, 0.15) is 0 Å². The van der Waals surface area contributed by atoms with Crippen LogP contribution in [0, 0.1) is 0 Å². The first-order valence-electron chi connectivity index (χ1n) is 3.99. The fourth-order valence-corrected chi connectivity index (χ4v) is 1.84.